The minimum Gasteiger partial charge on any atom is -0.337 e. The minimum absolute atomic E-state index is 0.118. The van der Waals surface area contributed by atoms with E-state index in [1.165, 1.54) is 11.8 Å². The van der Waals surface area contributed by atoms with Gasteiger partial charge in [0.15, 0.2) is 5.12 Å². The molecule has 0 N–H and O–H groups in total. The van der Waals surface area contributed by atoms with E-state index < -0.39 is 17.6 Å². The number of carbonyl (C=O) groups excluding carboxylic acids is 2. The molecule has 1 aliphatic rings. The van der Waals surface area contributed by atoms with Crippen molar-refractivity contribution < 1.29 is 27.2 Å². The molecule has 1 aromatic carbocycles. The molecule has 0 bridgehead atoms. The van der Waals surface area contributed by atoms with Gasteiger partial charge < -0.3 is 4.90 Å². The summed E-state index contributed by atoms with van der Waals surface area (Å²) >= 11 is 1.01. The van der Waals surface area contributed by atoms with Crippen molar-refractivity contribution in [3.8, 4) is 0 Å². The lowest BCUT2D eigenvalue weighted by molar-refractivity contribution is -0.139. The van der Waals surface area contributed by atoms with Crippen molar-refractivity contribution in [2.24, 2.45) is 0 Å². The average Bonchev–Trinajstić information content (AvgIpc) is 2.69. The molecule has 120 valence electrons. The summed E-state index contributed by atoms with van der Waals surface area (Å²) in [6, 6.07) is 2.40. The highest BCUT2D eigenvalue weighted by Gasteiger charge is 2.36. The van der Waals surface area contributed by atoms with E-state index in [4.69, 9.17) is 0 Å². The molecule has 0 radical (unpaired) electrons. The van der Waals surface area contributed by atoms with E-state index in [1.807, 2.05) is 0 Å². The lowest BCUT2D eigenvalue weighted by Gasteiger charge is -2.20. The topological polar surface area (TPSA) is 37.4 Å². The standard InChI is InChI=1S/C14H13F4NO2S/c1-8(20)22-11-5-13(21)19(7-11)6-9-2-3-10(15)4-12(9)14(16,17)18/h2-4,11H,5-7H2,1H3. The maximum absolute atomic E-state index is 13.1. The predicted octanol–water partition coefficient (Wildman–Crippen LogP) is 3.23. The van der Waals surface area contributed by atoms with Crippen molar-refractivity contribution in [3.05, 3.63) is 35.1 Å². The first kappa shape index (κ1) is 16.8. The third-order valence-electron chi connectivity index (χ3n) is 3.25. The summed E-state index contributed by atoms with van der Waals surface area (Å²) in [6.45, 7) is 1.33. The van der Waals surface area contributed by atoms with Crippen LogP contribution in [0.15, 0.2) is 18.2 Å². The van der Waals surface area contributed by atoms with Crippen LogP contribution in [0.2, 0.25) is 0 Å². The third-order valence-corrected chi connectivity index (χ3v) is 4.23. The van der Waals surface area contributed by atoms with E-state index in [0.717, 1.165) is 23.9 Å². The van der Waals surface area contributed by atoms with Gasteiger partial charge in [-0.25, -0.2) is 4.39 Å². The first-order valence-electron chi connectivity index (χ1n) is 6.47. The Morgan fingerprint density at radius 1 is 1.41 bits per heavy atom. The molecule has 8 heteroatoms. The summed E-state index contributed by atoms with van der Waals surface area (Å²) in [7, 11) is 0. The van der Waals surface area contributed by atoms with E-state index in [0.29, 0.717) is 6.07 Å². The summed E-state index contributed by atoms with van der Waals surface area (Å²) in [5.74, 6) is -1.29. The van der Waals surface area contributed by atoms with Crippen molar-refractivity contribution >= 4 is 22.8 Å². The molecule has 1 amide bonds. The Hall–Kier alpha value is -1.57. The molecular weight excluding hydrogens is 322 g/mol. The molecule has 1 unspecified atom stereocenters. The maximum atomic E-state index is 13.1. The smallest absolute Gasteiger partial charge is 0.337 e. The highest BCUT2D eigenvalue weighted by atomic mass is 32.2. The number of nitrogens with zero attached hydrogens (tertiary/aromatic N) is 1. The summed E-state index contributed by atoms with van der Waals surface area (Å²) in [4.78, 5) is 24.1. The van der Waals surface area contributed by atoms with E-state index in [9.17, 15) is 27.2 Å². The molecule has 3 nitrogen and oxygen atoms in total. The first-order valence-corrected chi connectivity index (χ1v) is 7.35. The van der Waals surface area contributed by atoms with Crippen LogP contribution in [0.25, 0.3) is 0 Å². The van der Waals surface area contributed by atoms with Crippen molar-refractivity contribution in [1.82, 2.24) is 4.90 Å². The largest absolute Gasteiger partial charge is 0.416 e. The van der Waals surface area contributed by atoms with Crippen molar-refractivity contribution in [3.63, 3.8) is 0 Å². The van der Waals surface area contributed by atoms with E-state index in [2.05, 4.69) is 0 Å². The molecule has 0 aliphatic carbocycles. The van der Waals surface area contributed by atoms with E-state index in [-0.39, 0.29) is 41.3 Å². The number of thioether (sulfide) groups is 1. The van der Waals surface area contributed by atoms with Crippen molar-refractivity contribution in [1.29, 1.82) is 0 Å². The van der Waals surface area contributed by atoms with Crippen LogP contribution in [-0.2, 0) is 22.3 Å². The highest BCUT2D eigenvalue weighted by molar-refractivity contribution is 8.14. The Bertz CT molecular complexity index is 603. The summed E-state index contributed by atoms with van der Waals surface area (Å²) in [5.41, 5.74) is -1.24. The maximum Gasteiger partial charge on any atom is 0.416 e. The van der Waals surface area contributed by atoms with Gasteiger partial charge >= 0.3 is 6.18 Å². The zero-order valence-corrected chi connectivity index (χ0v) is 12.4. The highest BCUT2D eigenvalue weighted by Crippen LogP contribution is 2.34. The first-order chi connectivity index (χ1) is 10.2. The van der Waals surface area contributed by atoms with Crippen LogP contribution < -0.4 is 0 Å². The van der Waals surface area contributed by atoms with Crippen LogP contribution in [0.3, 0.4) is 0 Å². The van der Waals surface area contributed by atoms with Gasteiger partial charge in [0.25, 0.3) is 0 Å². The van der Waals surface area contributed by atoms with Gasteiger partial charge in [0.2, 0.25) is 5.91 Å². The summed E-state index contributed by atoms with van der Waals surface area (Å²) < 4.78 is 51.8. The van der Waals surface area contributed by atoms with E-state index >= 15 is 0 Å². The zero-order valence-electron chi connectivity index (χ0n) is 11.6. The quantitative estimate of drug-likeness (QED) is 0.796. The molecule has 0 aromatic heterocycles. The van der Waals surface area contributed by atoms with Gasteiger partial charge in [-0.3, -0.25) is 9.59 Å². The molecule has 2 rings (SSSR count). The van der Waals surface area contributed by atoms with Gasteiger partial charge in [-0.2, -0.15) is 13.2 Å². The Morgan fingerprint density at radius 2 is 2.09 bits per heavy atom. The Balaban J connectivity index is 2.18. The normalized spacial score (nSPS) is 18.9. The molecule has 1 heterocycles. The molecule has 1 aliphatic heterocycles. The molecule has 22 heavy (non-hydrogen) atoms. The predicted molar refractivity (Wildman–Crippen MR) is 73.5 cm³/mol. The Morgan fingerprint density at radius 3 is 2.68 bits per heavy atom. The molecule has 1 fully saturated rings. The van der Waals surface area contributed by atoms with Gasteiger partial charge in [-0.1, -0.05) is 17.8 Å². The lowest BCUT2D eigenvalue weighted by atomic mass is 10.1. The zero-order chi connectivity index (χ0) is 16.5. The van der Waals surface area contributed by atoms with Crippen molar-refractivity contribution in [2.45, 2.75) is 31.3 Å². The van der Waals surface area contributed by atoms with Gasteiger partial charge in [0, 0.05) is 31.7 Å². The van der Waals surface area contributed by atoms with Crippen LogP contribution in [0.5, 0.6) is 0 Å². The van der Waals surface area contributed by atoms with Crippen LogP contribution in [0.4, 0.5) is 17.6 Å². The second-order valence-corrected chi connectivity index (χ2v) is 6.49. The van der Waals surface area contributed by atoms with Gasteiger partial charge in [0.05, 0.1) is 5.56 Å². The monoisotopic (exact) mass is 335 g/mol. The SMILES string of the molecule is CC(=O)SC1CC(=O)N(Cc2ccc(F)cc2C(F)(F)F)C1. The number of amides is 1. The number of likely N-dealkylation sites (tertiary alicyclic amines) is 1. The minimum atomic E-state index is -4.69. The fourth-order valence-corrected chi connectivity index (χ4v) is 3.31. The number of rotatable bonds is 3. The van der Waals surface area contributed by atoms with Crippen LogP contribution >= 0.6 is 11.8 Å². The molecular formula is C14H13F4NO2S. The number of hydrogen-bond acceptors (Lipinski definition) is 3. The molecule has 1 aromatic rings. The number of carbonyl (C=O) groups is 2. The van der Waals surface area contributed by atoms with Crippen LogP contribution in [-0.4, -0.2) is 27.7 Å². The second-order valence-electron chi connectivity index (χ2n) is 5.01. The van der Waals surface area contributed by atoms with Gasteiger partial charge in [-0.15, -0.1) is 0 Å². The molecule has 0 saturated carbocycles. The fraction of sp³-hybridized carbons (Fsp3) is 0.429. The fourth-order valence-electron chi connectivity index (χ4n) is 2.36. The van der Waals surface area contributed by atoms with Crippen molar-refractivity contribution in [2.75, 3.05) is 6.54 Å². The number of benzene rings is 1. The Labute approximate surface area is 128 Å². The third kappa shape index (κ3) is 4.00. The summed E-state index contributed by atoms with van der Waals surface area (Å²) in [6.07, 6.45) is -4.57. The van der Waals surface area contributed by atoms with E-state index in [1.54, 1.807) is 0 Å². The number of hydrogen-bond donors (Lipinski definition) is 0. The lowest BCUT2D eigenvalue weighted by Crippen LogP contribution is -2.26. The van der Waals surface area contributed by atoms with Gasteiger partial charge in [-0.05, 0) is 17.7 Å². The molecule has 1 saturated heterocycles. The van der Waals surface area contributed by atoms with Crippen LogP contribution in [0, 0.1) is 5.82 Å². The summed E-state index contributed by atoms with van der Waals surface area (Å²) in [5, 5.41) is -0.391. The number of halogens is 4. The molecule has 0 spiro atoms. The molecule has 1 atom stereocenters. The van der Waals surface area contributed by atoms with Gasteiger partial charge in [0.1, 0.15) is 5.82 Å². The van der Waals surface area contributed by atoms with Crippen LogP contribution in [0.1, 0.15) is 24.5 Å². The Kier molecular flexibility index (Phi) is 4.79. The number of alkyl halides is 3. The second kappa shape index (κ2) is 6.28. The average molecular weight is 335 g/mol.